The van der Waals surface area contributed by atoms with Gasteiger partial charge in [0.05, 0.1) is 47.5 Å². The summed E-state index contributed by atoms with van der Waals surface area (Å²) in [5.41, 5.74) is 4.54. The molecule has 2 amide bonds. The Hall–Kier alpha value is -3.72. The van der Waals surface area contributed by atoms with Crippen molar-refractivity contribution >= 4 is 29.2 Å². The third kappa shape index (κ3) is 3.54. The molecule has 0 aliphatic carbocycles. The van der Waals surface area contributed by atoms with Crippen molar-refractivity contribution in [1.82, 2.24) is 19.7 Å². The molecule has 0 radical (unpaired) electrons. The SMILES string of the molecule is Cc1cc2c([nH]1)/C=C1\C(=O)Nc3c(F)cc(cc31)-c1cn(C)nc1COC[C@@H](C)N(C)C2=O. The van der Waals surface area contributed by atoms with Gasteiger partial charge in [0.15, 0.2) is 0 Å². The van der Waals surface area contributed by atoms with Crippen molar-refractivity contribution in [3.05, 3.63) is 58.4 Å². The zero-order valence-electron chi connectivity index (χ0n) is 18.8. The largest absolute Gasteiger partial charge is 0.373 e. The first-order chi connectivity index (χ1) is 15.7. The molecule has 2 bridgehead atoms. The van der Waals surface area contributed by atoms with Gasteiger partial charge in [-0.25, -0.2) is 4.39 Å². The van der Waals surface area contributed by atoms with E-state index in [1.165, 1.54) is 6.07 Å². The average molecular weight is 449 g/mol. The molecule has 2 aliphatic rings. The Bertz CT molecular complexity index is 1340. The number of aryl methyl sites for hydroxylation is 2. The lowest BCUT2D eigenvalue weighted by molar-refractivity contribution is -0.110. The Labute approximate surface area is 190 Å². The Morgan fingerprint density at radius 1 is 1.15 bits per heavy atom. The number of nitrogens with zero attached hydrogens (tertiary/aromatic N) is 3. The maximum atomic E-state index is 15.1. The fourth-order valence-electron chi connectivity index (χ4n) is 4.30. The predicted molar refractivity (Wildman–Crippen MR) is 122 cm³/mol. The highest BCUT2D eigenvalue weighted by Crippen LogP contribution is 2.39. The van der Waals surface area contributed by atoms with Crippen LogP contribution >= 0.6 is 0 Å². The van der Waals surface area contributed by atoms with Crippen LogP contribution in [-0.4, -0.2) is 51.2 Å². The Morgan fingerprint density at radius 2 is 1.94 bits per heavy atom. The van der Waals surface area contributed by atoms with Gasteiger partial charge in [-0.2, -0.15) is 5.10 Å². The summed E-state index contributed by atoms with van der Waals surface area (Å²) in [5, 5.41) is 7.09. The van der Waals surface area contributed by atoms with Gasteiger partial charge in [-0.3, -0.25) is 14.3 Å². The molecule has 2 aromatic heterocycles. The highest BCUT2D eigenvalue weighted by molar-refractivity contribution is 6.35. The number of rotatable bonds is 0. The van der Waals surface area contributed by atoms with Crippen molar-refractivity contribution in [3.8, 4) is 11.1 Å². The Kier molecular flexibility index (Phi) is 4.93. The second kappa shape index (κ2) is 7.70. The minimum absolute atomic E-state index is 0.128. The van der Waals surface area contributed by atoms with Gasteiger partial charge in [-0.15, -0.1) is 0 Å². The summed E-state index contributed by atoms with van der Waals surface area (Å²) in [5.74, 6) is -1.16. The van der Waals surface area contributed by atoms with E-state index in [4.69, 9.17) is 4.74 Å². The fraction of sp³-hybridized carbons (Fsp3) is 0.292. The van der Waals surface area contributed by atoms with E-state index >= 15 is 4.39 Å². The first-order valence-electron chi connectivity index (χ1n) is 10.7. The topological polar surface area (TPSA) is 92.2 Å². The Morgan fingerprint density at radius 3 is 2.73 bits per heavy atom. The summed E-state index contributed by atoms with van der Waals surface area (Å²) in [6, 6.07) is 4.71. The third-order valence-electron chi connectivity index (χ3n) is 6.16. The van der Waals surface area contributed by atoms with Crippen LogP contribution in [0.2, 0.25) is 0 Å². The van der Waals surface area contributed by atoms with E-state index in [0.717, 1.165) is 11.3 Å². The number of aromatic amines is 1. The number of aromatic nitrogens is 3. The molecule has 3 aromatic rings. The van der Waals surface area contributed by atoms with Gasteiger partial charge < -0.3 is 19.9 Å². The quantitative estimate of drug-likeness (QED) is 0.551. The van der Waals surface area contributed by atoms with Crippen molar-refractivity contribution in [1.29, 1.82) is 0 Å². The average Bonchev–Trinajstić information content (AvgIpc) is 3.42. The third-order valence-corrected chi connectivity index (χ3v) is 6.16. The number of nitrogens with one attached hydrogen (secondary N) is 2. The van der Waals surface area contributed by atoms with E-state index in [0.29, 0.717) is 34.7 Å². The van der Waals surface area contributed by atoms with Crippen LogP contribution in [0.4, 0.5) is 10.1 Å². The number of benzene rings is 1. The number of H-pyrrole nitrogens is 1. The monoisotopic (exact) mass is 449 g/mol. The van der Waals surface area contributed by atoms with Crippen LogP contribution in [0, 0.1) is 12.7 Å². The lowest BCUT2D eigenvalue weighted by Crippen LogP contribution is -2.38. The van der Waals surface area contributed by atoms with E-state index in [-0.39, 0.29) is 29.8 Å². The second-order valence-electron chi connectivity index (χ2n) is 8.62. The van der Waals surface area contributed by atoms with E-state index in [2.05, 4.69) is 15.4 Å². The van der Waals surface area contributed by atoms with Gasteiger partial charge in [0, 0.05) is 37.1 Å². The summed E-state index contributed by atoms with van der Waals surface area (Å²) >= 11 is 0. The number of halogens is 1. The van der Waals surface area contributed by atoms with Gasteiger partial charge in [-0.1, -0.05) is 0 Å². The van der Waals surface area contributed by atoms with Crippen LogP contribution in [0.15, 0.2) is 24.4 Å². The summed E-state index contributed by atoms with van der Waals surface area (Å²) < 4.78 is 22.6. The number of carbonyl (C=O) groups is 2. The number of hydrogen-bond donors (Lipinski definition) is 2. The van der Waals surface area contributed by atoms with Gasteiger partial charge in [0.1, 0.15) is 5.82 Å². The predicted octanol–water partition coefficient (Wildman–Crippen LogP) is 3.35. The number of fused-ring (bicyclic) bond motifs is 4. The fourth-order valence-corrected chi connectivity index (χ4v) is 4.30. The van der Waals surface area contributed by atoms with Crippen molar-refractivity contribution < 1.29 is 18.7 Å². The van der Waals surface area contributed by atoms with Gasteiger partial charge >= 0.3 is 0 Å². The number of carbonyl (C=O) groups excluding carboxylic acids is 2. The van der Waals surface area contributed by atoms with Gasteiger partial charge in [-0.05, 0) is 43.7 Å². The van der Waals surface area contributed by atoms with Crippen LogP contribution in [0.5, 0.6) is 0 Å². The Balaban J connectivity index is 1.75. The van der Waals surface area contributed by atoms with Crippen LogP contribution < -0.4 is 5.32 Å². The lowest BCUT2D eigenvalue weighted by atomic mass is 9.98. The molecule has 0 unspecified atom stereocenters. The maximum absolute atomic E-state index is 15.1. The normalized spacial score (nSPS) is 19.8. The molecule has 1 atom stereocenters. The first kappa shape index (κ1) is 21.1. The molecule has 0 fully saturated rings. The van der Waals surface area contributed by atoms with Crippen LogP contribution in [-0.2, 0) is 23.2 Å². The van der Waals surface area contributed by atoms with E-state index in [9.17, 15) is 9.59 Å². The summed E-state index contributed by atoms with van der Waals surface area (Å²) in [6.07, 6.45) is 3.42. The smallest absolute Gasteiger partial charge is 0.256 e. The van der Waals surface area contributed by atoms with Crippen molar-refractivity contribution in [3.63, 3.8) is 0 Å². The number of ether oxygens (including phenoxy) is 1. The molecule has 0 saturated heterocycles. The summed E-state index contributed by atoms with van der Waals surface area (Å²) in [7, 11) is 3.51. The second-order valence-corrected chi connectivity index (χ2v) is 8.62. The highest BCUT2D eigenvalue weighted by Gasteiger charge is 2.30. The van der Waals surface area contributed by atoms with Gasteiger partial charge in [0.2, 0.25) is 0 Å². The summed E-state index contributed by atoms with van der Waals surface area (Å²) in [4.78, 5) is 30.9. The van der Waals surface area contributed by atoms with E-state index in [1.54, 1.807) is 48.1 Å². The molecule has 1 aromatic carbocycles. The molecule has 9 heteroatoms. The molecule has 170 valence electrons. The molecule has 33 heavy (non-hydrogen) atoms. The standard InChI is InChI=1S/C24H24FN5O3/c1-12-5-17-20(26-12)8-16-15-6-14(7-19(25)22(15)27-23(16)31)18-9-29(3)28-21(18)11-33-10-13(2)30(4)24(17)32/h5-9,13,26H,10-11H2,1-4H3,(H,27,31)/b16-8-/t13-/m1/s1. The number of hydrogen-bond acceptors (Lipinski definition) is 4. The molecule has 0 spiro atoms. The molecule has 5 rings (SSSR count). The zero-order valence-corrected chi connectivity index (χ0v) is 18.8. The highest BCUT2D eigenvalue weighted by atomic mass is 19.1. The van der Waals surface area contributed by atoms with Crippen LogP contribution in [0.25, 0.3) is 22.8 Å². The molecule has 4 heterocycles. The van der Waals surface area contributed by atoms with Crippen molar-refractivity contribution in [2.24, 2.45) is 7.05 Å². The minimum atomic E-state index is -0.536. The van der Waals surface area contributed by atoms with Gasteiger partial charge in [0.25, 0.3) is 11.8 Å². The molecule has 8 nitrogen and oxygen atoms in total. The molecule has 2 aliphatic heterocycles. The first-order valence-corrected chi connectivity index (χ1v) is 10.7. The van der Waals surface area contributed by atoms with Crippen molar-refractivity contribution in [2.45, 2.75) is 26.5 Å². The number of likely N-dealkylation sites (N-methyl/N-ethyl adjacent to an activating group) is 1. The van der Waals surface area contributed by atoms with Crippen molar-refractivity contribution in [2.75, 3.05) is 19.0 Å². The molecular weight excluding hydrogens is 425 g/mol. The van der Waals surface area contributed by atoms with Crippen LogP contribution in [0.1, 0.15) is 39.9 Å². The van der Waals surface area contributed by atoms with E-state index in [1.807, 2.05) is 13.8 Å². The molecule has 0 saturated carbocycles. The number of anilines is 1. The minimum Gasteiger partial charge on any atom is -0.373 e. The maximum Gasteiger partial charge on any atom is 0.256 e. The zero-order chi connectivity index (χ0) is 23.4. The number of amides is 2. The molecular formula is C24H24FN5O3. The lowest BCUT2D eigenvalue weighted by Gasteiger charge is -2.25. The molecule has 2 N–H and O–H groups in total. The van der Waals surface area contributed by atoms with Crippen LogP contribution in [0.3, 0.4) is 0 Å². The summed E-state index contributed by atoms with van der Waals surface area (Å²) in [6.45, 7) is 4.25. The van der Waals surface area contributed by atoms with E-state index < -0.39 is 11.7 Å².